The summed E-state index contributed by atoms with van der Waals surface area (Å²) in [5, 5.41) is 0. The van der Waals surface area contributed by atoms with E-state index >= 15 is 0 Å². The molecule has 0 amide bonds. The van der Waals surface area contributed by atoms with Crippen LogP contribution in [0.2, 0.25) is 0 Å². The van der Waals surface area contributed by atoms with Crippen molar-refractivity contribution in [2.75, 3.05) is 12.3 Å². The molecule has 2 heteroatoms. The van der Waals surface area contributed by atoms with Crippen molar-refractivity contribution in [3.63, 3.8) is 0 Å². The Morgan fingerprint density at radius 1 is 1.00 bits per heavy atom. The first kappa shape index (κ1) is 15.7. The van der Waals surface area contributed by atoms with E-state index in [0.29, 0.717) is 0 Å². The maximum absolute atomic E-state index is 5.96. The molecule has 1 aromatic rings. The van der Waals surface area contributed by atoms with Gasteiger partial charge in [0.1, 0.15) is 0 Å². The highest BCUT2D eigenvalue weighted by Crippen LogP contribution is 2.49. The molecule has 0 atom stereocenters. The minimum atomic E-state index is -1.27. The molecular formula is C16H25PS. The third kappa shape index (κ3) is 5.98. The molecule has 100 valence electrons. The monoisotopic (exact) mass is 280 g/mol. The van der Waals surface area contributed by atoms with E-state index in [-0.39, 0.29) is 0 Å². The van der Waals surface area contributed by atoms with Gasteiger partial charge in [-0.25, -0.2) is 0 Å². The minimum absolute atomic E-state index is 1.24. The number of hydrogen-bond acceptors (Lipinski definition) is 1. The third-order valence-corrected chi connectivity index (χ3v) is 7.42. The predicted octanol–water partition coefficient (Wildman–Crippen LogP) is 5.74. The molecule has 0 N–H and O–H groups in total. The summed E-state index contributed by atoms with van der Waals surface area (Å²) in [6, 6.07) is 9.26. The Balaban J connectivity index is 2.71. The molecule has 0 aromatic heterocycles. The van der Waals surface area contributed by atoms with Gasteiger partial charge < -0.3 is 0 Å². The first-order valence-corrected chi connectivity index (χ1v) is 10.3. The van der Waals surface area contributed by atoms with E-state index in [0.717, 1.165) is 0 Å². The summed E-state index contributed by atoms with van der Waals surface area (Å²) in [6.07, 6.45) is 9.78. The van der Waals surface area contributed by atoms with E-state index in [1.807, 2.05) is 0 Å². The predicted molar refractivity (Wildman–Crippen MR) is 89.3 cm³/mol. The molecule has 0 radical (unpaired) electrons. The second kappa shape index (κ2) is 8.67. The van der Waals surface area contributed by atoms with Crippen LogP contribution in [-0.2, 0) is 11.8 Å². The smallest absolute Gasteiger partial charge is 0.0202 e. The van der Waals surface area contributed by atoms with Crippen LogP contribution in [0.3, 0.4) is 0 Å². The van der Waals surface area contributed by atoms with Gasteiger partial charge in [-0.1, -0.05) is 80.7 Å². The van der Waals surface area contributed by atoms with Crippen LogP contribution in [0.1, 0.15) is 45.1 Å². The topological polar surface area (TPSA) is 0 Å². The van der Waals surface area contributed by atoms with Crippen molar-refractivity contribution >= 4 is 23.9 Å². The Morgan fingerprint density at radius 3 is 2.06 bits per heavy atom. The summed E-state index contributed by atoms with van der Waals surface area (Å²) in [5.74, 6) is 2.36. The third-order valence-electron chi connectivity index (χ3n) is 3.12. The SMILES string of the molecule is CCCCP(=S)(/C=C/c1ccccc1)CCCC. The largest absolute Gasteiger partial charge is 0.0932 e. The van der Waals surface area contributed by atoms with Crippen molar-refractivity contribution in [2.45, 2.75) is 39.5 Å². The fraction of sp³-hybridized carbons (Fsp3) is 0.500. The molecule has 1 rings (SSSR count). The molecule has 0 saturated heterocycles. The number of hydrogen-bond donors (Lipinski definition) is 0. The van der Waals surface area contributed by atoms with Gasteiger partial charge in [0.25, 0.3) is 0 Å². The summed E-state index contributed by atoms with van der Waals surface area (Å²) in [6.45, 7) is 4.50. The highest BCUT2D eigenvalue weighted by atomic mass is 32.4. The molecule has 0 aliphatic rings. The lowest BCUT2D eigenvalue weighted by molar-refractivity contribution is 0.870. The normalized spacial score (nSPS) is 12.1. The van der Waals surface area contributed by atoms with Crippen molar-refractivity contribution < 1.29 is 0 Å². The van der Waals surface area contributed by atoms with Gasteiger partial charge in [0.05, 0.1) is 0 Å². The molecule has 0 aliphatic heterocycles. The first-order valence-electron chi connectivity index (χ1n) is 7.02. The van der Waals surface area contributed by atoms with Gasteiger partial charge in [-0.2, -0.15) is 0 Å². The molecule has 0 fully saturated rings. The fourth-order valence-corrected chi connectivity index (χ4v) is 5.52. The lowest BCUT2D eigenvalue weighted by Gasteiger charge is -2.17. The van der Waals surface area contributed by atoms with Crippen LogP contribution in [0, 0.1) is 0 Å². The summed E-state index contributed by atoms with van der Waals surface area (Å²) in [4.78, 5) is 0. The lowest BCUT2D eigenvalue weighted by Crippen LogP contribution is -1.92. The first-order chi connectivity index (χ1) is 8.70. The van der Waals surface area contributed by atoms with Gasteiger partial charge in [0.15, 0.2) is 0 Å². The van der Waals surface area contributed by atoms with Crippen LogP contribution in [0.4, 0.5) is 0 Å². The summed E-state index contributed by atoms with van der Waals surface area (Å²) in [5.41, 5.74) is 1.28. The van der Waals surface area contributed by atoms with Gasteiger partial charge in [-0.3, -0.25) is 0 Å². The Labute approximate surface area is 118 Å². The Morgan fingerprint density at radius 2 is 1.56 bits per heavy atom. The van der Waals surface area contributed by atoms with Gasteiger partial charge >= 0.3 is 0 Å². The van der Waals surface area contributed by atoms with Crippen molar-refractivity contribution in [3.8, 4) is 0 Å². The van der Waals surface area contributed by atoms with Crippen LogP contribution in [0.15, 0.2) is 36.1 Å². The number of unbranched alkanes of at least 4 members (excludes halogenated alkanes) is 2. The highest BCUT2D eigenvalue weighted by Gasteiger charge is 2.11. The Bertz CT molecular complexity index is 383. The molecule has 1 aromatic carbocycles. The number of rotatable bonds is 8. The zero-order valence-electron chi connectivity index (χ0n) is 11.6. The van der Waals surface area contributed by atoms with Crippen LogP contribution < -0.4 is 0 Å². The van der Waals surface area contributed by atoms with E-state index in [2.05, 4.69) is 56.1 Å². The van der Waals surface area contributed by atoms with Crippen molar-refractivity contribution in [3.05, 3.63) is 41.7 Å². The van der Waals surface area contributed by atoms with E-state index in [9.17, 15) is 0 Å². The molecule has 0 aliphatic carbocycles. The fourth-order valence-electron chi connectivity index (χ4n) is 1.90. The van der Waals surface area contributed by atoms with Crippen molar-refractivity contribution in [2.24, 2.45) is 0 Å². The molecule has 0 spiro atoms. The molecule has 0 unspecified atom stereocenters. The summed E-state index contributed by atoms with van der Waals surface area (Å²) >= 11 is 5.96. The summed E-state index contributed by atoms with van der Waals surface area (Å²) in [7, 11) is 0. The molecule has 18 heavy (non-hydrogen) atoms. The van der Waals surface area contributed by atoms with Crippen LogP contribution >= 0.6 is 6.04 Å². The van der Waals surface area contributed by atoms with Gasteiger partial charge in [0.2, 0.25) is 0 Å². The second-order valence-electron chi connectivity index (χ2n) is 4.83. The van der Waals surface area contributed by atoms with Crippen molar-refractivity contribution in [1.29, 1.82) is 0 Å². The average Bonchev–Trinajstić information content (AvgIpc) is 2.42. The zero-order chi connectivity index (χ0) is 13.3. The highest BCUT2D eigenvalue weighted by molar-refractivity contribution is 8.16. The van der Waals surface area contributed by atoms with Crippen LogP contribution in [0.25, 0.3) is 6.08 Å². The van der Waals surface area contributed by atoms with Crippen LogP contribution in [0.5, 0.6) is 0 Å². The zero-order valence-corrected chi connectivity index (χ0v) is 13.4. The standard InChI is InChI=1S/C16H25PS/c1-3-5-13-17(18,14-6-4-2)15-12-16-10-8-7-9-11-16/h7-12,15H,3-6,13-14H2,1-2H3/b15-12+. The van der Waals surface area contributed by atoms with Gasteiger partial charge in [-0.05, 0) is 36.8 Å². The van der Waals surface area contributed by atoms with E-state index in [4.69, 9.17) is 11.8 Å². The Hall–Kier alpha value is -0.390. The minimum Gasteiger partial charge on any atom is -0.0932 e. The lowest BCUT2D eigenvalue weighted by atomic mass is 10.2. The summed E-state index contributed by atoms with van der Waals surface area (Å²) < 4.78 is 0. The quantitative estimate of drug-likeness (QED) is 0.547. The number of benzene rings is 1. The molecule has 0 saturated carbocycles. The van der Waals surface area contributed by atoms with E-state index in [1.165, 1.54) is 43.6 Å². The molecule has 0 bridgehead atoms. The van der Waals surface area contributed by atoms with Gasteiger partial charge in [-0.15, -0.1) is 0 Å². The maximum Gasteiger partial charge on any atom is -0.0202 e. The van der Waals surface area contributed by atoms with E-state index in [1.54, 1.807) is 0 Å². The average molecular weight is 280 g/mol. The molecular weight excluding hydrogens is 255 g/mol. The second-order valence-corrected chi connectivity index (χ2v) is 10.1. The molecule has 0 heterocycles. The Kier molecular flexibility index (Phi) is 7.54. The maximum atomic E-state index is 5.96. The van der Waals surface area contributed by atoms with Crippen LogP contribution in [-0.4, -0.2) is 12.3 Å². The van der Waals surface area contributed by atoms with E-state index < -0.39 is 6.04 Å². The van der Waals surface area contributed by atoms with Crippen molar-refractivity contribution in [1.82, 2.24) is 0 Å². The molecule has 0 nitrogen and oxygen atoms in total. The van der Waals surface area contributed by atoms with Gasteiger partial charge in [0, 0.05) is 0 Å².